The molecule has 0 radical (unpaired) electrons. The van der Waals surface area contributed by atoms with Crippen molar-refractivity contribution in [3.05, 3.63) is 55.1 Å². The first-order valence-electron chi connectivity index (χ1n) is 8.10. The molecular formula is C18H17FN4O2. The van der Waals surface area contributed by atoms with Gasteiger partial charge in [-0.05, 0) is 24.6 Å². The Labute approximate surface area is 144 Å². The first-order chi connectivity index (χ1) is 12.3. The largest absolute Gasteiger partial charge is 0.493 e. The second kappa shape index (κ2) is 6.98. The molecule has 7 heteroatoms. The Hall–Kier alpha value is -2.80. The molecule has 0 bridgehead atoms. The molecule has 1 fully saturated rings. The van der Waals surface area contributed by atoms with Gasteiger partial charge in [-0.3, -0.25) is 4.57 Å². The maximum atomic E-state index is 13.7. The van der Waals surface area contributed by atoms with Gasteiger partial charge in [-0.2, -0.15) is 0 Å². The van der Waals surface area contributed by atoms with E-state index in [1.165, 1.54) is 12.1 Å². The molecule has 1 aliphatic rings. The van der Waals surface area contributed by atoms with Gasteiger partial charge in [0.05, 0.1) is 13.2 Å². The second-order valence-corrected chi connectivity index (χ2v) is 5.92. The monoisotopic (exact) mass is 340 g/mol. The van der Waals surface area contributed by atoms with Crippen molar-refractivity contribution in [3.63, 3.8) is 0 Å². The zero-order valence-electron chi connectivity index (χ0n) is 13.5. The van der Waals surface area contributed by atoms with Crippen molar-refractivity contribution in [1.82, 2.24) is 19.5 Å². The van der Waals surface area contributed by atoms with Gasteiger partial charge in [-0.15, -0.1) is 0 Å². The van der Waals surface area contributed by atoms with Gasteiger partial charge in [0.2, 0.25) is 5.95 Å². The highest BCUT2D eigenvalue weighted by Gasteiger charge is 2.17. The van der Waals surface area contributed by atoms with Crippen LogP contribution in [-0.4, -0.2) is 39.3 Å². The highest BCUT2D eigenvalue weighted by molar-refractivity contribution is 5.69. The third-order valence-corrected chi connectivity index (χ3v) is 4.12. The van der Waals surface area contributed by atoms with E-state index in [4.69, 9.17) is 9.47 Å². The molecule has 0 amide bonds. The third-order valence-electron chi connectivity index (χ3n) is 4.12. The molecule has 0 spiro atoms. The zero-order valence-corrected chi connectivity index (χ0v) is 13.5. The molecule has 25 heavy (non-hydrogen) atoms. The molecule has 1 aliphatic heterocycles. The van der Waals surface area contributed by atoms with Crippen LogP contribution < -0.4 is 4.74 Å². The van der Waals surface area contributed by atoms with Gasteiger partial charge in [0.15, 0.2) is 0 Å². The van der Waals surface area contributed by atoms with Crippen LogP contribution in [0.2, 0.25) is 0 Å². The SMILES string of the molecule is Fc1ccc(OCC2CCOC2)c(-c2cnc(-n3ccnc3)nc2)c1. The number of aromatic nitrogens is 4. The first-order valence-corrected chi connectivity index (χ1v) is 8.10. The normalized spacial score (nSPS) is 16.9. The van der Waals surface area contributed by atoms with Crippen LogP contribution in [-0.2, 0) is 4.74 Å². The van der Waals surface area contributed by atoms with E-state index in [2.05, 4.69) is 15.0 Å². The van der Waals surface area contributed by atoms with E-state index in [1.54, 1.807) is 41.7 Å². The van der Waals surface area contributed by atoms with E-state index < -0.39 is 0 Å². The van der Waals surface area contributed by atoms with Crippen molar-refractivity contribution in [2.24, 2.45) is 5.92 Å². The van der Waals surface area contributed by atoms with Gasteiger partial charge in [-0.1, -0.05) is 0 Å². The molecule has 3 heterocycles. The summed E-state index contributed by atoms with van der Waals surface area (Å²) in [6.07, 6.45) is 9.33. The first kappa shape index (κ1) is 15.7. The lowest BCUT2D eigenvalue weighted by Gasteiger charge is -2.14. The fourth-order valence-electron chi connectivity index (χ4n) is 2.75. The number of hydrogen-bond donors (Lipinski definition) is 0. The predicted octanol–water partition coefficient (Wildman–Crippen LogP) is 2.88. The average Bonchev–Trinajstić information content (AvgIpc) is 3.35. The Balaban J connectivity index is 1.58. The summed E-state index contributed by atoms with van der Waals surface area (Å²) in [5, 5.41) is 0. The number of ether oxygens (including phenoxy) is 2. The summed E-state index contributed by atoms with van der Waals surface area (Å²) in [6, 6.07) is 4.48. The Morgan fingerprint density at radius 2 is 2.16 bits per heavy atom. The Bertz CT molecular complexity index is 831. The average molecular weight is 340 g/mol. The van der Waals surface area contributed by atoms with Gasteiger partial charge < -0.3 is 9.47 Å². The number of hydrogen-bond acceptors (Lipinski definition) is 5. The summed E-state index contributed by atoms with van der Waals surface area (Å²) >= 11 is 0. The van der Waals surface area contributed by atoms with Crippen LogP contribution in [0.4, 0.5) is 4.39 Å². The molecular weight excluding hydrogens is 323 g/mol. The highest BCUT2D eigenvalue weighted by Crippen LogP contribution is 2.31. The number of nitrogens with zero attached hydrogens (tertiary/aromatic N) is 4. The number of benzene rings is 1. The van der Waals surface area contributed by atoms with Crippen molar-refractivity contribution < 1.29 is 13.9 Å². The molecule has 0 aliphatic carbocycles. The lowest BCUT2D eigenvalue weighted by atomic mass is 10.1. The van der Waals surface area contributed by atoms with Crippen LogP contribution >= 0.6 is 0 Å². The molecule has 1 unspecified atom stereocenters. The lowest BCUT2D eigenvalue weighted by molar-refractivity contribution is 0.167. The highest BCUT2D eigenvalue weighted by atomic mass is 19.1. The smallest absolute Gasteiger partial charge is 0.234 e. The van der Waals surface area contributed by atoms with Gasteiger partial charge in [0, 0.05) is 48.4 Å². The molecule has 1 atom stereocenters. The van der Waals surface area contributed by atoms with E-state index in [-0.39, 0.29) is 5.82 Å². The lowest BCUT2D eigenvalue weighted by Crippen LogP contribution is -2.12. The zero-order chi connectivity index (χ0) is 17.1. The number of halogens is 1. The molecule has 3 aromatic rings. The van der Waals surface area contributed by atoms with Crippen LogP contribution in [0.1, 0.15) is 6.42 Å². The Kier molecular flexibility index (Phi) is 4.39. The number of rotatable bonds is 5. The minimum Gasteiger partial charge on any atom is -0.493 e. The van der Waals surface area contributed by atoms with Crippen LogP contribution in [0.3, 0.4) is 0 Å². The maximum Gasteiger partial charge on any atom is 0.234 e. The van der Waals surface area contributed by atoms with Crippen molar-refractivity contribution in [3.8, 4) is 22.8 Å². The molecule has 0 N–H and O–H groups in total. The van der Waals surface area contributed by atoms with Crippen LogP contribution in [0.25, 0.3) is 17.1 Å². The van der Waals surface area contributed by atoms with E-state index in [9.17, 15) is 4.39 Å². The Morgan fingerprint density at radius 3 is 2.88 bits per heavy atom. The summed E-state index contributed by atoms with van der Waals surface area (Å²) in [4.78, 5) is 12.6. The molecule has 1 aromatic carbocycles. The van der Waals surface area contributed by atoms with Crippen LogP contribution in [0, 0.1) is 11.7 Å². The summed E-state index contributed by atoms with van der Waals surface area (Å²) in [5.41, 5.74) is 1.33. The predicted molar refractivity (Wildman–Crippen MR) is 89.0 cm³/mol. The van der Waals surface area contributed by atoms with E-state index in [0.717, 1.165) is 13.0 Å². The maximum absolute atomic E-state index is 13.7. The molecule has 4 rings (SSSR count). The van der Waals surface area contributed by atoms with Crippen LogP contribution in [0.5, 0.6) is 5.75 Å². The summed E-state index contributed by atoms with van der Waals surface area (Å²) in [6.45, 7) is 2.03. The van der Waals surface area contributed by atoms with Crippen molar-refractivity contribution in [2.75, 3.05) is 19.8 Å². The van der Waals surface area contributed by atoms with Gasteiger partial charge in [0.25, 0.3) is 0 Å². The van der Waals surface area contributed by atoms with E-state index in [1.807, 2.05) is 0 Å². The van der Waals surface area contributed by atoms with E-state index >= 15 is 0 Å². The minimum atomic E-state index is -0.328. The minimum absolute atomic E-state index is 0.328. The molecule has 0 saturated carbocycles. The summed E-state index contributed by atoms with van der Waals surface area (Å²) in [7, 11) is 0. The molecule has 2 aromatic heterocycles. The van der Waals surface area contributed by atoms with E-state index in [0.29, 0.717) is 42.0 Å². The fraction of sp³-hybridized carbons (Fsp3) is 0.278. The van der Waals surface area contributed by atoms with Gasteiger partial charge >= 0.3 is 0 Å². The molecule has 6 nitrogen and oxygen atoms in total. The number of imidazole rings is 1. The third kappa shape index (κ3) is 3.51. The van der Waals surface area contributed by atoms with Crippen molar-refractivity contribution in [1.29, 1.82) is 0 Å². The van der Waals surface area contributed by atoms with Gasteiger partial charge in [0.1, 0.15) is 17.9 Å². The molecule has 1 saturated heterocycles. The topological polar surface area (TPSA) is 62.1 Å². The molecule has 128 valence electrons. The standard InChI is InChI=1S/C18H17FN4O2/c19-15-1-2-17(25-11-13-3-6-24-10-13)16(7-15)14-8-21-18(22-9-14)23-5-4-20-12-23/h1-2,4-5,7-9,12-13H,3,6,10-11H2. The summed E-state index contributed by atoms with van der Waals surface area (Å²) in [5.74, 6) is 1.17. The van der Waals surface area contributed by atoms with Gasteiger partial charge in [-0.25, -0.2) is 19.3 Å². The van der Waals surface area contributed by atoms with Crippen molar-refractivity contribution >= 4 is 0 Å². The summed E-state index contributed by atoms with van der Waals surface area (Å²) < 4.78 is 26.7. The fourth-order valence-corrected chi connectivity index (χ4v) is 2.75. The van der Waals surface area contributed by atoms with Crippen LogP contribution in [0.15, 0.2) is 49.3 Å². The second-order valence-electron chi connectivity index (χ2n) is 5.92. The quantitative estimate of drug-likeness (QED) is 0.715. The Morgan fingerprint density at radius 1 is 1.28 bits per heavy atom. The van der Waals surface area contributed by atoms with Crippen molar-refractivity contribution in [2.45, 2.75) is 6.42 Å².